The highest BCUT2D eigenvalue weighted by Gasteiger charge is 2.25. The minimum Gasteiger partial charge on any atom is -0.282 e. The third-order valence-corrected chi connectivity index (χ3v) is 3.47. The maximum absolute atomic E-state index is 14.1. The third-order valence-electron chi connectivity index (χ3n) is 3.47. The Morgan fingerprint density at radius 3 is 2.48 bits per heavy atom. The van der Waals surface area contributed by atoms with Crippen LogP contribution >= 0.6 is 0 Å². The zero-order valence-electron chi connectivity index (χ0n) is 13.2. The van der Waals surface area contributed by atoms with Gasteiger partial charge < -0.3 is 0 Å². The van der Waals surface area contributed by atoms with Crippen molar-refractivity contribution in [1.82, 2.24) is 0 Å². The summed E-state index contributed by atoms with van der Waals surface area (Å²) in [7, 11) is 0. The number of aryl methyl sites for hydroxylation is 1. The van der Waals surface area contributed by atoms with Crippen molar-refractivity contribution in [2.75, 3.05) is 0 Å². The molecule has 1 nitrogen and oxygen atoms in total. The van der Waals surface area contributed by atoms with Crippen LogP contribution in [0.5, 0.6) is 0 Å². The van der Waals surface area contributed by atoms with Crippen molar-refractivity contribution in [2.45, 2.75) is 53.0 Å². The van der Waals surface area contributed by atoms with Crippen molar-refractivity contribution < 1.29 is 13.2 Å². The summed E-state index contributed by atoms with van der Waals surface area (Å²) < 4.78 is 40.9. The number of allylic oxidation sites excluding steroid dienone is 2. The van der Waals surface area contributed by atoms with Crippen LogP contribution in [0.3, 0.4) is 0 Å². The number of halogens is 3. The lowest BCUT2D eigenvalue weighted by atomic mass is 9.99. The van der Waals surface area contributed by atoms with Crippen molar-refractivity contribution in [2.24, 2.45) is 4.99 Å². The largest absolute Gasteiger partial charge is 0.282 e. The first-order valence-electron chi connectivity index (χ1n) is 7.06. The topological polar surface area (TPSA) is 12.4 Å². The molecule has 21 heavy (non-hydrogen) atoms. The summed E-state index contributed by atoms with van der Waals surface area (Å²) in [5, 5.41) is 0. The second-order valence-corrected chi connectivity index (χ2v) is 5.42. The van der Waals surface area contributed by atoms with Crippen LogP contribution in [0.1, 0.15) is 45.2 Å². The van der Waals surface area contributed by atoms with Gasteiger partial charge in [-0.2, -0.15) is 0 Å². The molecule has 0 radical (unpaired) electrons. The van der Waals surface area contributed by atoms with E-state index in [1.165, 1.54) is 19.1 Å². The highest BCUT2D eigenvalue weighted by molar-refractivity contribution is 6.10. The molecule has 0 fully saturated rings. The minimum absolute atomic E-state index is 0.0615. The van der Waals surface area contributed by atoms with Crippen LogP contribution in [0.25, 0.3) is 0 Å². The predicted molar refractivity (Wildman–Crippen MR) is 81.8 cm³/mol. The summed E-state index contributed by atoms with van der Waals surface area (Å²) >= 11 is 0. The maximum Gasteiger partial charge on any atom is 0.266 e. The second-order valence-electron chi connectivity index (χ2n) is 5.42. The van der Waals surface area contributed by atoms with Crippen LogP contribution in [0, 0.1) is 12.7 Å². The number of rotatable bonds is 5. The van der Waals surface area contributed by atoms with E-state index in [4.69, 9.17) is 0 Å². The Morgan fingerprint density at radius 1 is 1.38 bits per heavy atom. The monoisotopic (exact) mass is 297 g/mol. The fourth-order valence-corrected chi connectivity index (χ4v) is 1.79. The SMILES string of the molecule is CCC(C)N=C(/C=C(\C)C(C)(F)F)c1c(C)cccc1F. The predicted octanol–water partition coefficient (Wildman–Crippen LogP) is 5.32. The van der Waals surface area contributed by atoms with Gasteiger partial charge in [-0.1, -0.05) is 19.1 Å². The van der Waals surface area contributed by atoms with E-state index in [-0.39, 0.29) is 17.3 Å². The number of hydrogen-bond acceptors (Lipinski definition) is 1. The molecule has 0 spiro atoms. The standard InChI is InChI=1S/C17H22F3N/c1-6-13(4)21-15(10-12(3)17(5,19)20)16-11(2)8-7-9-14(16)18/h7-10,13H,6H2,1-5H3/b12-10+,21-15?. The van der Waals surface area contributed by atoms with Crippen LogP contribution in [0.4, 0.5) is 13.2 Å². The summed E-state index contributed by atoms with van der Waals surface area (Å²) in [5.74, 6) is -3.39. The molecule has 0 aliphatic rings. The van der Waals surface area contributed by atoms with Gasteiger partial charge in [-0.3, -0.25) is 4.99 Å². The van der Waals surface area contributed by atoms with E-state index in [1.807, 2.05) is 13.8 Å². The van der Waals surface area contributed by atoms with Crippen molar-refractivity contribution in [3.05, 3.63) is 46.8 Å². The van der Waals surface area contributed by atoms with Crippen LogP contribution in [0.15, 0.2) is 34.8 Å². The Balaban J connectivity index is 3.45. The molecule has 0 N–H and O–H groups in total. The molecule has 1 atom stereocenters. The quantitative estimate of drug-likeness (QED) is 0.652. The highest BCUT2D eigenvalue weighted by Crippen LogP contribution is 2.24. The molecule has 1 aromatic carbocycles. The first-order valence-corrected chi connectivity index (χ1v) is 7.06. The molecule has 1 aromatic rings. The van der Waals surface area contributed by atoms with E-state index in [0.29, 0.717) is 11.1 Å². The molecule has 1 unspecified atom stereocenters. The van der Waals surface area contributed by atoms with Crippen LogP contribution in [0.2, 0.25) is 0 Å². The Labute approximate surface area is 124 Å². The highest BCUT2D eigenvalue weighted by atomic mass is 19.3. The number of hydrogen-bond donors (Lipinski definition) is 0. The van der Waals surface area contributed by atoms with E-state index in [2.05, 4.69) is 4.99 Å². The molecule has 0 aliphatic carbocycles. The fourth-order valence-electron chi connectivity index (χ4n) is 1.79. The normalized spacial score (nSPS) is 15.2. The average molecular weight is 297 g/mol. The Kier molecular flexibility index (Phi) is 5.76. The van der Waals surface area contributed by atoms with Crippen molar-refractivity contribution in [1.29, 1.82) is 0 Å². The van der Waals surface area contributed by atoms with E-state index in [1.54, 1.807) is 19.1 Å². The lowest BCUT2D eigenvalue weighted by molar-refractivity contribution is 0.0637. The van der Waals surface area contributed by atoms with Gasteiger partial charge in [-0.15, -0.1) is 0 Å². The summed E-state index contributed by atoms with van der Waals surface area (Å²) in [4.78, 5) is 4.41. The van der Waals surface area contributed by atoms with E-state index in [0.717, 1.165) is 13.3 Å². The zero-order valence-corrected chi connectivity index (χ0v) is 13.2. The molecule has 0 heterocycles. The third kappa shape index (κ3) is 4.73. The van der Waals surface area contributed by atoms with E-state index >= 15 is 0 Å². The van der Waals surface area contributed by atoms with Crippen LogP contribution in [-0.4, -0.2) is 17.7 Å². The van der Waals surface area contributed by atoms with Crippen molar-refractivity contribution in [3.63, 3.8) is 0 Å². The average Bonchev–Trinajstić information content (AvgIpc) is 2.36. The number of benzene rings is 1. The molecule has 0 aliphatic heterocycles. The van der Waals surface area contributed by atoms with E-state index in [9.17, 15) is 13.2 Å². The van der Waals surface area contributed by atoms with Crippen LogP contribution < -0.4 is 0 Å². The molecule has 0 saturated carbocycles. The van der Waals surface area contributed by atoms with Gasteiger partial charge in [0.2, 0.25) is 0 Å². The molecule has 0 bridgehead atoms. The molecular weight excluding hydrogens is 275 g/mol. The molecule has 0 saturated heterocycles. The zero-order chi connectivity index (χ0) is 16.2. The molecular formula is C17H22F3N. The number of aliphatic imine (C=N–C) groups is 1. The lowest BCUT2D eigenvalue weighted by Gasteiger charge is -2.15. The first-order chi connectivity index (χ1) is 9.66. The van der Waals surface area contributed by atoms with Gasteiger partial charge >= 0.3 is 0 Å². The van der Waals surface area contributed by atoms with Gasteiger partial charge in [0.25, 0.3) is 5.92 Å². The van der Waals surface area contributed by atoms with Gasteiger partial charge in [-0.05, 0) is 50.5 Å². The summed E-state index contributed by atoms with van der Waals surface area (Å²) in [5.41, 5.74) is 1.12. The Bertz CT molecular complexity index is 533. The molecule has 116 valence electrons. The molecule has 0 aromatic heterocycles. The molecule has 0 amide bonds. The van der Waals surface area contributed by atoms with Gasteiger partial charge in [0, 0.05) is 18.5 Å². The smallest absolute Gasteiger partial charge is 0.266 e. The molecule has 1 rings (SSSR count). The Hall–Kier alpha value is -1.58. The van der Waals surface area contributed by atoms with E-state index < -0.39 is 11.7 Å². The van der Waals surface area contributed by atoms with Gasteiger partial charge in [0.05, 0.1) is 5.71 Å². The van der Waals surface area contributed by atoms with Crippen molar-refractivity contribution >= 4 is 5.71 Å². The number of alkyl halides is 2. The Morgan fingerprint density at radius 2 is 2.00 bits per heavy atom. The summed E-state index contributed by atoms with van der Waals surface area (Å²) in [6.45, 7) is 7.74. The summed E-state index contributed by atoms with van der Waals surface area (Å²) in [6.07, 6.45) is 2.05. The van der Waals surface area contributed by atoms with Crippen LogP contribution in [-0.2, 0) is 0 Å². The van der Waals surface area contributed by atoms with Crippen molar-refractivity contribution in [3.8, 4) is 0 Å². The van der Waals surface area contributed by atoms with Gasteiger partial charge in [0.15, 0.2) is 0 Å². The maximum atomic E-state index is 14.1. The van der Waals surface area contributed by atoms with Gasteiger partial charge in [-0.25, -0.2) is 13.2 Å². The molecule has 4 heteroatoms. The first kappa shape index (κ1) is 17.5. The van der Waals surface area contributed by atoms with Gasteiger partial charge in [0.1, 0.15) is 5.82 Å². The summed E-state index contributed by atoms with van der Waals surface area (Å²) in [6, 6.07) is 4.60. The minimum atomic E-state index is -2.95. The second kappa shape index (κ2) is 6.92. The lowest BCUT2D eigenvalue weighted by Crippen LogP contribution is -2.15. The fraction of sp³-hybridized carbons (Fsp3) is 0.471. The number of nitrogens with zero attached hydrogens (tertiary/aromatic N) is 1.